The number of pyridine rings is 1. The fraction of sp³-hybridized carbons (Fsp3) is 0.353. The van der Waals surface area contributed by atoms with Crippen LogP contribution >= 0.6 is 0 Å². The molecule has 0 unspecified atom stereocenters. The number of rotatable bonds is 4. The maximum absolute atomic E-state index is 12.8. The van der Waals surface area contributed by atoms with Crippen molar-refractivity contribution in [3.63, 3.8) is 0 Å². The molecule has 22 heavy (non-hydrogen) atoms. The summed E-state index contributed by atoms with van der Waals surface area (Å²) in [7, 11) is -1.74. The number of fused-ring (bicyclic) bond motifs is 1. The quantitative estimate of drug-likeness (QED) is 0.869. The Morgan fingerprint density at radius 1 is 1.14 bits per heavy atom. The lowest BCUT2D eigenvalue weighted by molar-refractivity contribution is 0.408. The molecule has 2 aromatic rings. The van der Waals surface area contributed by atoms with Gasteiger partial charge in [0.1, 0.15) is 5.75 Å². The van der Waals surface area contributed by atoms with Crippen molar-refractivity contribution in [2.45, 2.75) is 30.8 Å². The number of sulfone groups is 1. The van der Waals surface area contributed by atoms with Crippen LogP contribution in [0.4, 0.5) is 0 Å². The van der Waals surface area contributed by atoms with E-state index in [0.717, 1.165) is 16.8 Å². The maximum atomic E-state index is 12.8. The Labute approximate surface area is 131 Å². The second kappa shape index (κ2) is 5.72. The van der Waals surface area contributed by atoms with Crippen LogP contribution in [0.1, 0.15) is 22.5 Å². The summed E-state index contributed by atoms with van der Waals surface area (Å²) in [5.41, 5.74) is 3.57. The van der Waals surface area contributed by atoms with Crippen molar-refractivity contribution in [3.05, 3.63) is 58.9 Å². The van der Waals surface area contributed by atoms with Crippen LogP contribution in [0.5, 0.6) is 5.75 Å². The van der Waals surface area contributed by atoms with Gasteiger partial charge in [0.25, 0.3) is 0 Å². The molecular weight excluding hydrogens is 298 g/mol. The SMILES string of the molecule is COc1ccc(C)nc1CS(=O)(=O)C1Cc2ccccc2C1. The zero-order valence-electron chi connectivity index (χ0n) is 12.7. The minimum Gasteiger partial charge on any atom is -0.495 e. The van der Waals surface area contributed by atoms with Crippen molar-refractivity contribution in [1.29, 1.82) is 0 Å². The predicted molar refractivity (Wildman–Crippen MR) is 85.8 cm³/mol. The number of aryl methyl sites for hydroxylation is 1. The van der Waals surface area contributed by atoms with Crippen LogP contribution in [0.15, 0.2) is 36.4 Å². The molecule has 1 aromatic carbocycles. The second-order valence-electron chi connectivity index (χ2n) is 5.71. The fourth-order valence-corrected chi connectivity index (χ4v) is 4.66. The number of nitrogens with zero attached hydrogens (tertiary/aromatic N) is 1. The topological polar surface area (TPSA) is 56.3 Å². The molecule has 0 saturated heterocycles. The molecule has 1 heterocycles. The molecule has 0 bridgehead atoms. The van der Waals surface area contributed by atoms with Gasteiger partial charge in [0.2, 0.25) is 0 Å². The van der Waals surface area contributed by atoms with Crippen molar-refractivity contribution in [1.82, 2.24) is 4.98 Å². The zero-order chi connectivity index (χ0) is 15.7. The van der Waals surface area contributed by atoms with Gasteiger partial charge in [0.15, 0.2) is 9.84 Å². The maximum Gasteiger partial charge on any atom is 0.159 e. The fourth-order valence-electron chi connectivity index (χ4n) is 2.97. The van der Waals surface area contributed by atoms with E-state index in [4.69, 9.17) is 4.74 Å². The summed E-state index contributed by atoms with van der Waals surface area (Å²) in [6.07, 6.45) is 1.18. The first kappa shape index (κ1) is 15.0. The average Bonchev–Trinajstić information content (AvgIpc) is 2.92. The lowest BCUT2D eigenvalue weighted by Crippen LogP contribution is -2.24. The molecule has 1 aliphatic rings. The van der Waals surface area contributed by atoms with E-state index in [1.165, 1.54) is 7.11 Å². The van der Waals surface area contributed by atoms with Gasteiger partial charge in [-0.25, -0.2) is 8.42 Å². The molecule has 0 radical (unpaired) electrons. The Balaban J connectivity index is 1.85. The molecule has 4 nitrogen and oxygen atoms in total. The summed E-state index contributed by atoms with van der Waals surface area (Å²) < 4.78 is 30.8. The monoisotopic (exact) mass is 317 g/mol. The minimum absolute atomic E-state index is 0.0729. The van der Waals surface area contributed by atoms with Gasteiger partial charge >= 0.3 is 0 Å². The van der Waals surface area contributed by atoms with Crippen molar-refractivity contribution in [2.75, 3.05) is 7.11 Å². The van der Waals surface area contributed by atoms with Crippen LogP contribution in [0.25, 0.3) is 0 Å². The van der Waals surface area contributed by atoms with E-state index < -0.39 is 9.84 Å². The first-order chi connectivity index (χ1) is 10.5. The Morgan fingerprint density at radius 3 is 2.36 bits per heavy atom. The molecule has 3 rings (SSSR count). The normalized spacial score (nSPS) is 14.8. The van der Waals surface area contributed by atoms with Crippen LogP contribution in [0, 0.1) is 6.92 Å². The second-order valence-corrected chi connectivity index (χ2v) is 7.99. The molecular formula is C17H19NO3S. The average molecular weight is 317 g/mol. The molecule has 1 aromatic heterocycles. The van der Waals surface area contributed by atoms with E-state index in [0.29, 0.717) is 24.3 Å². The molecule has 0 amide bonds. The van der Waals surface area contributed by atoms with E-state index in [2.05, 4.69) is 4.98 Å². The molecule has 0 fully saturated rings. The van der Waals surface area contributed by atoms with Gasteiger partial charge in [-0.1, -0.05) is 24.3 Å². The summed E-state index contributed by atoms with van der Waals surface area (Å²) in [5.74, 6) is 0.459. The van der Waals surface area contributed by atoms with Crippen molar-refractivity contribution < 1.29 is 13.2 Å². The number of benzene rings is 1. The summed E-state index contributed by atoms with van der Waals surface area (Å²) in [4.78, 5) is 4.35. The van der Waals surface area contributed by atoms with Crippen LogP contribution in [-0.2, 0) is 28.4 Å². The predicted octanol–water partition coefficient (Wildman–Crippen LogP) is 2.48. The van der Waals surface area contributed by atoms with E-state index in [-0.39, 0.29) is 11.0 Å². The number of methoxy groups -OCH3 is 1. The van der Waals surface area contributed by atoms with E-state index >= 15 is 0 Å². The largest absolute Gasteiger partial charge is 0.495 e. The highest BCUT2D eigenvalue weighted by Gasteiger charge is 2.33. The Morgan fingerprint density at radius 2 is 1.77 bits per heavy atom. The molecule has 0 atom stereocenters. The zero-order valence-corrected chi connectivity index (χ0v) is 13.6. The lowest BCUT2D eigenvalue weighted by atomic mass is 10.1. The molecule has 116 valence electrons. The molecule has 0 N–H and O–H groups in total. The highest BCUT2D eigenvalue weighted by Crippen LogP contribution is 2.29. The standard InChI is InChI=1S/C17H19NO3S/c1-12-7-8-17(21-2)16(18-12)11-22(19,20)15-9-13-5-3-4-6-14(13)10-15/h3-8,15H,9-11H2,1-2H3. The van der Waals surface area contributed by atoms with Gasteiger partial charge in [-0.15, -0.1) is 0 Å². The van der Waals surface area contributed by atoms with Gasteiger partial charge in [-0.2, -0.15) is 0 Å². The number of ether oxygens (including phenoxy) is 1. The first-order valence-electron chi connectivity index (χ1n) is 7.28. The van der Waals surface area contributed by atoms with Gasteiger partial charge in [-0.3, -0.25) is 4.98 Å². The number of hydrogen-bond acceptors (Lipinski definition) is 4. The highest BCUT2D eigenvalue weighted by molar-refractivity contribution is 7.91. The summed E-state index contributed by atoms with van der Waals surface area (Å²) in [5, 5.41) is -0.364. The third-order valence-electron chi connectivity index (χ3n) is 4.15. The highest BCUT2D eigenvalue weighted by atomic mass is 32.2. The van der Waals surface area contributed by atoms with Crippen LogP contribution in [0.3, 0.4) is 0 Å². The van der Waals surface area contributed by atoms with Crippen LogP contribution < -0.4 is 4.74 Å². The molecule has 0 saturated carbocycles. The minimum atomic E-state index is -3.27. The van der Waals surface area contributed by atoms with Crippen LogP contribution in [0.2, 0.25) is 0 Å². The number of hydrogen-bond donors (Lipinski definition) is 0. The van der Waals surface area contributed by atoms with Crippen molar-refractivity contribution in [3.8, 4) is 5.75 Å². The van der Waals surface area contributed by atoms with E-state index in [1.807, 2.05) is 37.3 Å². The smallest absolute Gasteiger partial charge is 0.159 e. The van der Waals surface area contributed by atoms with Gasteiger partial charge in [0, 0.05) is 5.69 Å². The first-order valence-corrected chi connectivity index (χ1v) is 9.00. The van der Waals surface area contributed by atoms with Gasteiger partial charge < -0.3 is 4.74 Å². The third-order valence-corrected chi connectivity index (χ3v) is 6.18. The third kappa shape index (κ3) is 2.86. The summed E-state index contributed by atoms with van der Waals surface area (Å²) in [6.45, 7) is 1.85. The van der Waals surface area contributed by atoms with Crippen molar-refractivity contribution in [2.24, 2.45) is 0 Å². The molecule has 1 aliphatic carbocycles. The van der Waals surface area contributed by atoms with E-state index in [1.54, 1.807) is 6.07 Å². The Hall–Kier alpha value is -1.88. The van der Waals surface area contributed by atoms with Gasteiger partial charge in [0.05, 0.1) is 23.8 Å². The molecule has 0 spiro atoms. The van der Waals surface area contributed by atoms with Crippen LogP contribution in [-0.4, -0.2) is 25.8 Å². The number of aromatic nitrogens is 1. The summed E-state index contributed by atoms with van der Waals surface area (Å²) >= 11 is 0. The van der Waals surface area contributed by atoms with Gasteiger partial charge in [-0.05, 0) is 43.0 Å². The summed E-state index contributed by atoms with van der Waals surface area (Å²) in [6, 6.07) is 11.5. The molecule has 0 aliphatic heterocycles. The van der Waals surface area contributed by atoms with Crippen molar-refractivity contribution >= 4 is 9.84 Å². The lowest BCUT2D eigenvalue weighted by Gasteiger charge is -2.13. The Kier molecular flexibility index (Phi) is 3.91. The molecule has 5 heteroatoms. The van der Waals surface area contributed by atoms with E-state index in [9.17, 15) is 8.42 Å². The Bertz CT molecular complexity index is 774.